The van der Waals surface area contributed by atoms with Crippen molar-refractivity contribution in [2.75, 3.05) is 19.0 Å². The third kappa shape index (κ3) is 4.61. The van der Waals surface area contributed by atoms with Gasteiger partial charge in [-0.1, -0.05) is 0 Å². The Morgan fingerprint density at radius 1 is 1.33 bits per heavy atom. The van der Waals surface area contributed by atoms with Gasteiger partial charge in [0.05, 0.1) is 22.9 Å². The van der Waals surface area contributed by atoms with Crippen LogP contribution in [-0.2, 0) is 17.6 Å². The fraction of sp³-hybridized carbons (Fsp3) is 0.318. The number of anilines is 1. The largest absolute Gasteiger partial charge is 0.493 e. The van der Waals surface area contributed by atoms with Crippen molar-refractivity contribution >= 4 is 50.9 Å². The van der Waals surface area contributed by atoms with Gasteiger partial charge in [0, 0.05) is 4.88 Å². The second-order valence-corrected chi connectivity index (χ2v) is 8.89. The first kappa shape index (κ1) is 22.1. The van der Waals surface area contributed by atoms with Crippen LogP contribution in [0.25, 0.3) is 6.08 Å². The molecule has 1 aromatic carbocycles. The quantitative estimate of drug-likeness (QED) is 0.319. The van der Waals surface area contributed by atoms with Gasteiger partial charge in [0.15, 0.2) is 11.5 Å². The van der Waals surface area contributed by atoms with Crippen molar-refractivity contribution in [3.8, 4) is 23.6 Å². The van der Waals surface area contributed by atoms with Gasteiger partial charge in [0.1, 0.15) is 22.7 Å². The number of amides is 1. The molecular formula is C22H20IN3O3S. The fourth-order valence-corrected chi connectivity index (χ4v) is 5.38. The predicted molar refractivity (Wildman–Crippen MR) is 125 cm³/mol. The van der Waals surface area contributed by atoms with Gasteiger partial charge >= 0.3 is 0 Å². The van der Waals surface area contributed by atoms with E-state index in [2.05, 4.69) is 34.0 Å². The molecule has 1 aliphatic carbocycles. The Kier molecular flexibility index (Phi) is 7.35. The number of rotatable bonds is 6. The van der Waals surface area contributed by atoms with Crippen molar-refractivity contribution in [3.63, 3.8) is 0 Å². The molecular weight excluding hydrogens is 513 g/mol. The van der Waals surface area contributed by atoms with Gasteiger partial charge in [-0.25, -0.2) is 0 Å². The van der Waals surface area contributed by atoms with Gasteiger partial charge in [-0.15, -0.1) is 11.3 Å². The Labute approximate surface area is 193 Å². The summed E-state index contributed by atoms with van der Waals surface area (Å²) in [5.41, 5.74) is 2.17. The van der Waals surface area contributed by atoms with Crippen LogP contribution in [0.5, 0.6) is 11.5 Å². The van der Waals surface area contributed by atoms with E-state index in [-0.39, 0.29) is 5.57 Å². The van der Waals surface area contributed by atoms with Crippen LogP contribution in [0.15, 0.2) is 17.7 Å². The molecule has 0 saturated heterocycles. The number of methoxy groups -OCH3 is 1. The van der Waals surface area contributed by atoms with Gasteiger partial charge in [-0.05, 0) is 84.5 Å². The molecule has 0 saturated carbocycles. The summed E-state index contributed by atoms with van der Waals surface area (Å²) in [6.07, 6.45) is 5.43. The molecule has 0 atom stereocenters. The first-order valence-electron chi connectivity index (χ1n) is 9.50. The number of aryl methyl sites for hydroxylation is 1. The average molecular weight is 533 g/mol. The number of hydrogen-bond acceptors (Lipinski definition) is 6. The van der Waals surface area contributed by atoms with Crippen molar-refractivity contribution < 1.29 is 14.3 Å². The Morgan fingerprint density at radius 3 is 2.77 bits per heavy atom. The topological polar surface area (TPSA) is 95.1 Å². The van der Waals surface area contributed by atoms with Crippen molar-refractivity contribution in [3.05, 3.63) is 42.8 Å². The highest BCUT2D eigenvalue weighted by Gasteiger charge is 2.23. The van der Waals surface area contributed by atoms with E-state index in [4.69, 9.17) is 9.47 Å². The lowest BCUT2D eigenvalue weighted by Crippen LogP contribution is -2.13. The monoisotopic (exact) mass is 533 g/mol. The SMILES string of the molecule is CCOc1c(I)cc(/C=C(/C#N)C(=O)Nc2sc3c(c2C#N)CCCC3)cc1OC. The molecule has 0 bridgehead atoms. The lowest BCUT2D eigenvalue weighted by atomic mass is 9.96. The summed E-state index contributed by atoms with van der Waals surface area (Å²) in [4.78, 5) is 13.9. The average Bonchev–Trinajstić information content (AvgIpc) is 3.10. The molecule has 1 N–H and O–H groups in total. The fourth-order valence-electron chi connectivity index (χ4n) is 3.37. The number of carbonyl (C=O) groups is 1. The minimum Gasteiger partial charge on any atom is -0.493 e. The Morgan fingerprint density at radius 2 is 2.10 bits per heavy atom. The predicted octanol–water partition coefficient (Wildman–Crippen LogP) is 5.06. The molecule has 0 radical (unpaired) electrons. The van der Waals surface area contributed by atoms with Crippen molar-refractivity contribution in [2.45, 2.75) is 32.6 Å². The lowest BCUT2D eigenvalue weighted by molar-refractivity contribution is -0.112. The number of hydrogen-bond donors (Lipinski definition) is 1. The zero-order valence-electron chi connectivity index (χ0n) is 16.7. The molecule has 3 rings (SSSR count). The lowest BCUT2D eigenvalue weighted by Gasteiger charge is -2.12. The Bertz CT molecular complexity index is 1090. The summed E-state index contributed by atoms with van der Waals surface area (Å²) >= 11 is 3.57. The summed E-state index contributed by atoms with van der Waals surface area (Å²) in [5, 5.41) is 22.4. The van der Waals surface area contributed by atoms with Crippen molar-refractivity contribution in [1.82, 2.24) is 0 Å². The maximum Gasteiger partial charge on any atom is 0.266 e. The van der Waals surface area contributed by atoms with Crippen LogP contribution >= 0.6 is 33.9 Å². The van der Waals surface area contributed by atoms with Gasteiger partial charge in [0.2, 0.25) is 0 Å². The highest BCUT2D eigenvalue weighted by atomic mass is 127. The van der Waals surface area contributed by atoms with E-state index in [0.29, 0.717) is 34.2 Å². The molecule has 1 heterocycles. The van der Waals surface area contributed by atoms with Crippen LogP contribution in [0.2, 0.25) is 0 Å². The summed E-state index contributed by atoms with van der Waals surface area (Å²) in [7, 11) is 1.54. The minimum atomic E-state index is -0.532. The first-order chi connectivity index (χ1) is 14.5. The van der Waals surface area contributed by atoms with E-state index in [9.17, 15) is 15.3 Å². The Hall–Kier alpha value is -2.56. The van der Waals surface area contributed by atoms with E-state index in [0.717, 1.165) is 39.7 Å². The van der Waals surface area contributed by atoms with Crippen LogP contribution in [0.1, 0.15) is 41.3 Å². The van der Waals surface area contributed by atoms with Crippen molar-refractivity contribution in [1.29, 1.82) is 10.5 Å². The number of nitrogens with zero attached hydrogens (tertiary/aromatic N) is 2. The molecule has 6 nitrogen and oxygen atoms in total. The van der Waals surface area contributed by atoms with Gasteiger partial charge in [-0.3, -0.25) is 4.79 Å². The van der Waals surface area contributed by atoms with E-state index in [1.165, 1.54) is 17.4 Å². The highest BCUT2D eigenvalue weighted by Crippen LogP contribution is 2.38. The summed E-state index contributed by atoms with van der Waals surface area (Å²) in [5.74, 6) is 0.629. The molecule has 2 aromatic rings. The molecule has 1 amide bonds. The molecule has 0 unspecified atom stereocenters. The zero-order chi connectivity index (χ0) is 21.7. The van der Waals surface area contributed by atoms with Gasteiger partial charge < -0.3 is 14.8 Å². The summed E-state index contributed by atoms with van der Waals surface area (Å²) in [6.45, 7) is 2.39. The van der Waals surface area contributed by atoms with Crippen LogP contribution in [0.3, 0.4) is 0 Å². The molecule has 30 heavy (non-hydrogen) atoms. The first-order valence-corrected chi connectivity index (χ1v) is 11.4. The number of halogens is 1. The summed E-state index contributed by atoms with van der Waals surface area (Å²) < 4.78 is 11.8. The number of nitriles is 2. The molecule has 0 spiro atoms. The van der Waals surface area contributed by atoms with E-state index < -0.39 is 5.91 Å². The second-order valence-electron chi connectivity index (χ2n) is 6.62. The van der Waals surface area contributed by atoms with Gasteiger partial charge in [-0.2, -0.15) is 10.5 Å². The maximum atomic E-state index is 12.8. The number of carbonyl (C=O) groups excluding carboxylic acids is 1. The molecule has 8 heteroatoms. The Balaban J connectivity index is 1.90. The van der Waals surface area contributed by atoms with E-state index in [1.807, 2.05) is 19.1 Å². The van der Waals surface area contributed by atoms with Crippen molar-refractivity contribution in [2.24, 2.45) is 0 Å². The molecule has 0 fully saturated rings. The molecule has 0 aliphatic heterocycles. The third-order valence-corrected chi connectivity index (χ3v) is 6.74. The number of fused-ring (bicyclic) bond motifs is 1. The normalized spacial score (nSPS) is 13.0. The number of nitrogens with one attached hydrogen (secondary N) is 1. The van der Waals surface area contributed by atoms with Gasteiger partial charge in [0.25, 0.3) is 5.91 Å². The number of thiophene rings is 1. The number of ether oxygens (including phenoxy) is 2. The minimum absolute atomic E-state index is 0.0488. The zero-order valence-corrected chi connectivity index (χ0v) is 19.6. The van der Waals surface area contributed by atoms with E-state index in [1.54, 1.807) is 13.2 Å². The van der Waals surface area contributed by atoms with Crippen LogP contribution in [0, 0.1) is 26.2 Å². The van der Waals surface area contributed by atoms with E-state index >= 15 is 0 Å². The smallest absolute Gasteiger partial charge is 0.266 e. The maximum absolute atomic E-state index is 12.8. The van der Waals surface area contributed by atoms with Crippen LogP contribution < -0.4 is 14.8 Å². The molecule has 1 aromatic heterocycles. The summed E-state index contributed by atoms with van der Waals surface area (Å²) in [6, 6.07) is 7.73. The standard InChI is InChI=1S/C22H20IN3O3S/c1-3-29-20-17(23)9-13(10-18(20)28-2)8-14(11-24)21(27)26-22-16(12-25)15-6-4-5-7-19(15)30-22/h8-10H,3-7H2,1-2H3,(H,26,27)/b14-8-. The molecule has 154 valence electrons. The molecule has 1 aliphatic rings. The highest BCUT2D eigenvalue weighted by molar-refractivity contribution is 14.1. The third-order valence-electron chi connectivity index (χ3n) is 4.73. The number of benzene rings is 1. The van der Waals surface area contributed by atoms with Crippen LogP contribution in [0.4, 0.5) is 5.00 Å². The van der Waals surface area contributed by atoms with Crippen LogP contribution in [-0.4, -0.2) is 19.6 Å². The second kappa shape index (κ2) is 9.96.